The molecule has 0 saturated carbocycles. The molecule has 3 heterocycles. The quantitative estimate of drug-likeness (QED) is 0.367. The lowest BCUT2D eigenvalue weighted by Gasteiger charge is -2.24. The molecule has 0 spiro atoms. The largest absolute Gasteiger partial charge is 0.507 e. The van der Waals surface area contributed by atoms with Crippen LogP contribution in [-0.2, 0) is 9.59 Å². The molecule has 0 aliphatic carbocycles. The van der Waals surface area contributed by atoms with E-state index in [0.717, 1.165) is 0 Å². The van der Waals surface area contributed by atoms with Crippen LogP contribution in [0.1, 0.15) is 23.1 Å². The molecule has 2 aliphatic rings. The number of ether oxygens (including phenoxy) is 3. The zero-order chi connectivity index (χ0) is 23.1. The van der Waals surface area contributed by atoms with Gasteiger partial charge in [-0.3, -0.25) is 14.5 Å². The predicted molar refractivity (Wildman–Crippen MR) is 119 cm³/mol. The van der Waals surface area contributed by atoms with Crippen molar-refractivity contribution in [2.45, 2.75) is 13.0 Å². The highest BCUT2D eigenvalue weighted by Crippen LogP contribution is 2.44. The van der Waals surface area contributed by atoms with Gasteiger partial charge in [0.2, 0.25) is 0 Å². The van der Waals surface area contributed by atoms with Crippen molar-refractivity contribution in [3.63, 3.8) is 0 Å². The van der Waals surface area contributed by atoms with Gasteiger partial charge in [0.05, 0.1) is 12.7 Å². The minimum atomic E-state index is -0.959. The van der Waals surface area contributed by atoms with Gasteiger partial charge in [0, 0.05) is 17.3 Å². The molecule has 2 aliphatic heterocycles. The highest BCUT2D eigenvalue weighted by Gasteiger charge is 2.48. The summed E-state index contributed by atoms with van der Waals surface area (Å²) in [5.41, 5.74) is 0.696. The SMILES string of the molecule is COc1cccc(N2C(=O)C(=O)/C(=C(\O)c3ccc4c(c3)OCCO4)C2c2ccc(C)o2)c1. The van der Waals surface area contributed by atoms with Gasteiger partial charge in [0.25, 0.3) is 11.7 Å². The second-order valence-corrected chi connectivity index (χ2v) is 7.68. The third-order valence-corrected chi connectivity index (χ3v) is 5.62. The number of carbonyl (C=O) groups excluding carboxylic acids is 2. The normalized spacial score (nSPS) is 19.1. The van der Waals surface area contributed by atoms with Crippen LogP contribution in [0, 0.1) is 6.92 Å². The lowest BCUT2D eigenvalue weighted by atomic mass is 9.99. The van der Waals surface area contributed by atoms with E-state index in [0.29, 0.717) is 53.2 Å². The molecule has 0 radical (unpaired) electrons. The molecule has 1 amide bonds. The minimum Gasteiger partial charge on any atom is -0.507 e. The van der Waals surface area contributed by atoms with Gasteiger partial charge in [0.1, 0.15) is 42.3 Å². The van der Waals surface area contributed by atoms with E-state index in [1.165, 1.54) is 12.0 Å². The Hall–Kier alpha value is -4.20. The zero-order valence-electron chi connectivity index (χ0n) is 18.0. The minimum absolute atomic E-state index is 0.0751. The summed E-state index contributed by atoms with van der Waals surface area (Å²) < 4.78 is 22.2. The Labute approximate surface area is 189 Å². The summed E-state index contributed by atoms with van der Waals surface area (Å²) in [4.78, 5) is 27.7. The maximum atomic E-state index is 13.2. The molecule has 8 nitrogen and oxygen atoms in total. The van der Waals surface area contributed by atoms with Crippen molar-refractivity contribution in [2.75, 3.05) is 25.2 Å². The molecule has 2 aromatic carbocycles. The number of benzene rings is 2. The fraction of sp³-hybridized carbons (Fsp3) is 0.200. The Morgan fingerprint density at radius 3 is 2.55 bits per heavy atom. The number of rotatable bonds is 4. The number of methoxy groups -OCH3 is 1. The van der Waals surface area contributed by atoms with Crippen molar-refractivity contribution in [1.29, 1.82) is 0 Å². The van der Waals surface area contributed by atoms with Crippen LogP contribution in [0.2, 0.25) is 0 Å². The van der Waals surface area contributed by atoms with Crippen LogP contribution >= 0.6 is 0 Å². The van der Waals surface area contributed by atoms with Gasteiger partial charge in [-0.25, -0.2) is 0 Å². The second-order valence-electron chi connectivity index (χ2n) is 7.68. The molecule has 0 bridgehead atoms. The van der Waals surface area contributed by atoms with Gasteiger partial charge >= 0.3 is 0 Å². The number of hydrogen-bond donors (Lipinski definition) is 1. The van der Waals surface area contributed by atoms with Crippen molar-refractivity contribution >= 4 is 23.1 Å². The van der Waals surface area contributed by atoms with E-state index in [9.17, 15) is 14.7 Å². The third-order valence-electron chi connectivity index (χ3n) is 5.62. The first-order valence-corrected chi connectivity index (χ1v) is 10.4. The van der Waals surface area contributed by atoms with E-state index in [1.54, 1.807) is 61.5 Å². The Balaban J connectivity index is 1.68. The van der Waals surface area contributed by atoms with E-state index in [-0.39, 0.29) is 11.3 Å². The number of amides is 1. The number of Topliss-reactive ketones (excluding diaryl/α,β-unsaturated/α-hetero) is 1. The number of fused-ring (bicyclic) bond motifs is 1. The van der Waals surface area contributed by atoms with Crippen LogP contribution < -0.4 is 19.1 Å². The van der Waals surface area contributed by atoms with E-state index >= 15 is 0 Å². The van der Waals surface area contributed by atoms with Crippen LogP contribution in [0.5, 0.6) is 17.2 Å². The monoisotopic (exact) mass is 447 g/mol. The Morgan fingerprint density at radius 1 is 1.03 bits per heavy atom. The van der Waals surface area contributed by atoms with Crippen LogP contribution in [0.25, 0.3) is 5.76 Å². The maximum Gasteiger partial charge on any atom is 0.300 e. The Kier molecular flexibility index (Phi) is 5.05. The van der Waals surface area contributed by atoms with Crippen LogP contribution in [0.3, 0.4) is 0 Å². The summed E-state index contributed by atoms with van der Waals surface area (Å²) in [5, 5.41) is 11.2. The number of anilines is 1. The van der Waals surface area contributed by atoms with Crippen molar-refractivity contribution in [3.8, 4) is 17.2 Å². The standard InChI is InChI=1S/C25H21NO7/c1-14-6-8-19(33-14)22-21(23(27)15-7-9-18-20(12-15)32-11-10-31-18)24(28)25(29)26(22)16-4-3-5-17(13-16)30-2/h3-9,12-13,22,27H,10-11H2,1-2H3/b23-21-. The molecule has 1 atom stereocenters. The molecule has 33 heavy (non-hydrogen) atoms. The molecule has 5 rings (SSSR count). The van der Waals surface area contributed by atoms with Crippen molar-refractivity contribution in [3.05, 3.63) is 77.3 Å². The number of ketones is 1. The van der Waals surface area contributed by atoms with E-state index in [2.05, 4.69) is 0 Å². The van der Waals surface area contributed by atoms with Crippen LogP contribution in [-0.4, -0.2) is 37.1 Å². The zero-order valence-corrected chi connectivity index (χ0v) is 18.0. The van der Waals surface area contributed by atoms with Crippen LogP contribution in [0.4, 0.5) is 5.69 Å². The van der Waals surface area contributed by atoms with Crippen molar-refractivity contribution in [1.82, 2.24) is 0 Å². The number of aliphatic hydroxyl groups excluding tert-OH is 1. The summed E-state index contributed by atoms with van der Waals surface area (Å²) in [7, 11) is 1.52. The Morgan fingerprint density at radius 2 is 1.82 bits per heavy atom. The Bertz CT molecular complexity index is 1290. The molecule has 1 saturated heterocycles. The molecule has 1 fully saturated rings. The summed E-state index contributed by atoms with van der Waals surface area (Å²) in [6, 6.07) is 14.1. The van der Waals surface area contributed by atoms with Crippen molar-refractivity contribution < 1.29 is 33.3 Å². The van der Waals surface area contributed by atoms with Gasteiger partial charge in [0.15, 0.2) is 11.5 Å². The highest BCUT2D eigenvalue weighted by molar-refractivity contribution is 6.51. The average Bonchev–Trinajstić information content (AvgIpc) is 3.38. The molecule has 168 valence electrons. The van der Waals surface area contributed by atoms with Gasteiger partial charge < -0.3 is 23.7 Å². The number of aryl methyl sites for hydroxylation is 1. The molecule has 1 unspecified atom stereocenters. The van der Waals surface area contributed by atoms with Crippen LogP contribution in [0.15, 0.2) is 64.6 Å². The number of furan rings is 1. The highest BCUT2D eigenvalue weighted by atomic mass is 16.6. The fourth-order valence-corrected chi connectivity index (χ4v) is 4.07. The van der Waals surface area contributed by atoms with E-state index < -0.39 is 17.7 Å². The second kappa shape index (κ2) is 8.05. The third kappa shape index (κ3) is 3.49. The van der Waals surface area contributed by atoms with Gasteiger partial charge in [-0.05, 0) is 49.4 Å². The summed E-state index contributed by atoms with van der Waals surface area (Å²) in [5.74, 6) is 0.579. The molecular formula is C25H21NO7. The summed E-state index contributed by atoms with van der Waals surface area (Å²) in [6.45, 7) is 2.58. The maximum absolute atomic E-state index is 13.2. The first-order chi connectivity index (χ1) is 16.0. The van der Waals surface area contributed by atoms with Crippen molar-refractivity contribution in [2.24, 2.45) is 0 Å². The predicted octanol–water partition coefficient (Wildman–Crippen LogP) is 3.99. The fourth-order valence-electron chi connectivity index (χ4n) is 4.07. The number of aliphatic hydroxyl groups is 1. The number of hydrogen-bond acceptors (Lipinski definition) is 7. The molecule has 3 aromatic rings. The first-order valence-electron chi connectivity index (χ1n) is 10.4. The van der Waals surface area contributed by atoms with Gasteiger partial charge in [-0.1, -0.05) is 6.07 Å². The van der Waals surface area contributed by atoms with E-state index in [1.807, 2.05) is 0 Å². The number of carbonyl (C=O) groups is 2. The molecule has 1 aromatic heterocycles. The van der Waals surface area contributed by atoms with Gasteiger partial charge in [-0.15, -0.1) is 0 Å². The molecule has 8 heteroatoms. The molecule has 1 N–H and O–H groups in total. The lowest BCUT2D eigenvalue weighted by molar-refractivity contribution is -0.132. The summed E-state index contributed by atoms with van der Waals surface area (Å²) >= 11 is 0. The average molecular weight is 447 g/mol. The first kappa shape index (κ1) is 20.7. The summed E-state index contributed by atoms with van der Waals surface area (Å²) in [6.07, 6.45) is 0. The lowest BCUT2D eigenvalue weighted by Crippen LogP contribution is -2.29. The number of nitrogens with zero attached hydrogens (tertiary/aromatic N) is 1. The van der Waals surface area contributed by atoms with E-state index in [4.69, 9.17) is 18.6 Å². The molecular weight excluding hydrogens is 426 g/mol. The smallest absolute Gasteiger partial charge is 0.300 e. The topological polar surface area (TPSA) is 98.4 Å². The van der Waals surface area contributed by atoms with Gasteiger partial charge in [-0.2, -0.15) is 0 Å².